The van der Waals surface area contributed by atoms with Crippen molar-refractivity contribution in [2.45, 2.75) is 32.2 Å². The van der Waals surface area contributed by atoms with E-state index in [4.69, 9.17) is 10.5 Å². The van der Waals surface area contributed by atoms with Crippen molar-refractivity contribution in [3.05, 3.63) is 65.2 Å². The monoisotopic (exact) mass is 397 g/mol. The Balaban J connectivity index is 1.54. The van der Waals surface area contributed by atoms with Crippen molar-refractivity contribution in [2.75, 3.05) is 19.7 Å². The van der Waals surface area contributed by atoms with E-state index < -0.39 is 12.1 Å². The zero-order valence-corrected chi connectivity index (χ0v) is 16.6. The minimum Gasteiger partial charge on any atom is -0.491 e. The lowest BCUT2D eigenvalue weighted by Gasteiger charge is -2.29. The summed E-state index contributed by atoms with van der Waals surface area (Å²) in [6.07, 6.45) is 2.66. The number of rotatable bonds is 8. The Morgan fingerprint density at radius 1 is 1.28 bits per heavy atom. The first-order chi connectivity index (χ1) is 14.0. The number of carbonyl (C=O) groups is 2. The molecule has 1 atom stereocenters. The third-order valence-corrected chi connectivity index (χ3v) is 5.12. The van der Waals surface area contributed by atoms with Crippen LogP contribution in [0, 0.1) is 0 Å². The van der Waals surface area contributed by atoms with Gasteiger partial charge in [0.25, 0.3) is 5.91 Å². The summed E-state index contributed by atoms with van der Waals surface area (Å²) in [6, 6.07) is 14.2. The molecule has 154 valence electrons. The van der Waals surface area contributed by atoms with E-state index in [1.807, 2.05) is 29.2 Å². The molecule has 0 saturated carbocycles. The molecule has 1 heterocycles. The van der Waals surface area contributed by atoms with Gasteiger partial charge in [0.05, 0.1) is 6.04 Å². The number of hydrogen-bond donors (Lipinski definition) is 2. The van der Waals surface area contributed by atoms with Gasteiger partial charge in [-0.15, -0.1) is 0 Å². The molecule has 2 aromatic rings. The lowest BCUT2D eigenvalue weighted by atomic mass is 9.98. The summed E-state index contributed by atoms with van der Waals surface area (Å²) in [5.41, 5.74) is 7.98. The van der Waals surface area contributed by atoms with Crippen LogP contribution in [0.2, 0.25) is 0 Å². The fourth-order valence-electron chi connectivity index (χ4n) is 3.44. The Morgan fingerprint density at radius 3 is 2.76 bits per heavy atom. The van der Waals surface area contributed by atoms with Gasteiger partial charge >= 0.3 is 6.03 Å². The van der Waals surface area contributed by atoms with Crippen LogP contribution in [0.4, 0.5) is 4.79 Å². The van der Waals surface area contributed by atoms with E-state index in [0.717, 1.165) is 31.4 Å². The van der Waals surface area contributed by atoms with Crippen LogP contribution in [0.1, 0.15) is 34.8 Å². The van der Waals surface area contributed by atoms with Gasteiger partial charge in [0, 0.05) is 18.7 Å². The van der Waals surface area contributed by atoms with E-state index in [1.165, 1.54) is 5.56 Å². The lowest BCUT2D eigenvalue weighted by molar-refractivity contribution is -0.0794. The normalized spacial score (nSPS) is 14.3. The van der Waals surface area contributed by atoms with Crippen molar-refractivity contribution in [3.63, 3.8) is 0 Å². The minimum absolute atomic E-state index is 0.0505. The van der Waals surface area contributed by atoms with Gasteiger partial charge in [-0.05, 0) is 55.5 Å². The van der Waals surface area contributed by atoms with Gasteiger partial charge in [-0.2, -0.15) is 0 Å². The fourth-order valence-corrected chi connectivity index (χ4v) is 3.44. The van der Waals surface area contributed by atoms with E-state index in [1.54, 1.807) is 19.1 Å². The molecule has 1 aliphatic heterocycles. The summed E-state index contributed by atoms with van der Waals surface area (Å²) >= 11 is 0. The molecule has 3 N–H and O–H groups in total. The number of fused-ring (bicyclic) bond motifs is 1. The Kier molecular flexibility index (Phi) is 6.72. The average Bonchev–Trinajstić information content (AvgIpc) is 2.73. The summed E-state index contributed by atoms with van der Waals surface area (Å²) in [5.74, 6) is 0.647. The van der Waals surface area contributed by atoms with E-state index >= 15 is 0 Å². The molecular formula is C22H27N3O4. The second kappa shape index (κ2) is 9.43. The average molecular weight is 397 g/mol. The van der Waals surface area contributed by atoms with Gasteiger partial charge in [-0.25, -0.2) is 9.86 Å². The molecule has 0 spiro atoms. The van der Waals surface area contributed by atoms with Gasteiger partial charge in [0.1, 0.15) is 12.4 Å². The molecule has 1 aliphatic rings. The number of ether oxygens (including phenoxy) is 1. The maximum Gasteiger partial charge on any atom is 0.338 e. The molecule has 0 radical (unpaired) electrons. The molecule has 0 fully saturated rings. The highest BCUT2D eigenvalue weighted by atomic mass is 16.5. The summed E-state index contributed by atoms with van der Waals surface area (Å²) < 4.78 is 5.65. The number of hydrogen-bond acceptors (Lipinski definition) is 4. The first-order valence-corrected chi connectivity index (χ1v) is 9.82. The van der Waals surface area contributed by atoms with Crippen molar-refractivity contribution in [2.24, 2.45) is 5.73 Å². The molecule has 3 rings (SSSR count). The Hall–Kier alpha value is -3.06. The molecular weight excluding hydrogens is 370 g/mol. The van der Waals surface area contributed by atoms with E-state index in [0.29, 0.717) is 22.9 Å². The number of carbonyl (C=O) groups excluding carboxylic acids is 2. The van der Waals surface area contributed by atoms with Crippen molar-refractivity contribution in [3.8, 4) is 5.75 Å². The molecule has 0 aliphatic carbocycles. The van der Waals surface area contributed by atoms with Gasteiger partial charge in [-0.3, -0.25) is 10.0 Å². The smallest absolute Gasteiger partial charge is 0.338 e. The molecule has 2 aromatic carbocycles. The Morgan fingerprint density at radius 2 is 2.03 bits per heavy atom. The van der Waals surface area contributed by atoms with Crippen LogP contribution < -0.4 is 10.5 Å². The molecule has 29 heavy (non-hydrogen) atoms. The zero-order valence-electron chi connectivity index (χ0n) is 16.6. The van der Waals surface area contributed by atoms with Gasteiger partial charge in [-0.1, -0.05) is 30.3 Å². The number of urea groups is 1. The predicted molar refractivity (Wildman–Crippen MR) is 109 cm³/mol. The zero-order chi connectivity index (χ0) is 20.8. The summed E-state index contributed by atoms with van der Waals surface area (Å²) in [5, 5.41) is 9.94. The molecule has 1 unspecified atom stereocenters. The largest absolute Gasteiger partial charge is 0.491 e. The van der Waals surface area contributed by atoms with Crippen LogP contribution in [-0.2, 0) is 12.8 Å². The first kappa shape index (κ1) is 20.7. The van der Waals surface area contributed by atoms with Crippen LogP contribution in [-0.4, -0.2) is 52.8 Å². The third kappa shape index (κ3) is 5.26. The second-order valence-corrected chi connectivity index (χ2v) is 7.29. The third-order valence-electron chi connectivity index (χ3n) is 5.12. The van der Waals surface area contributed by atoms with Crippen LogP contribution in [0.5, 0.6) is 5.75 Å². The number of nitrogens with two attached hydrogens (primary N) is 1. The predicted octanol–water partition coefficient (Wildman–Crippen LogP) is 2.85. The lowest BCUT2D eigenvalue weighted by Crippen LogP contribution is -2.42. The van der Waals surface area contributed by atoms with Crippen LogP contribution in [0.15, 0.2) is 48.5 Å². The maximum absolute atomic E-state index is 12.8. The van der Waals surface area contributed by atoms with Crippen LogP contribution >= 0.6 is 0 Å². The van der Waals surface area contributed by atoms with E-state index in [-0.39, 0.29) is 12.5 Å². The number of benzene rings is 2. The summed E-state index contributed by atoms with van der Waals surface area (Å²) in [4.78, 5) is 25.7. The SMILES string of the molecule is CC(COc1ccc2c(c1)CCN(CCCc1ccccc1)C2=O)N(O)C(N)=O. The van der Waals surface area contributed by atoms with Gasteiger partial charge < -0.3 is 15.4 Å². The molecule has 3 amide bonds. The number of aryl methyl sites for hydroxylation is 1. The minimum atomic E-state index is -0.926. The standard InChI is InChI=1S/C22H27N3O4/c1-16(25(28)22(23)27)15-29-19-9-10-20-18(14-19)11-13-24(21(20)26)12-5-8-17-6-3-2-4-7-17/h2-4,6-7,9-10,14,16,28H,5,8,11-13,15H2,1H3,(H2,23,27). The quantitative estimate of drug-likeness (QED) is 0.529. The van der Waals surface area contributed by atoms with Crippen LogP contribution in [0.3, 0.4) is 0 Å². The topological polar surface area (TPSA) is 96.1 Å². The van der Waals surface area contributed by atoms with Crippen molar-refractivity contribution in [1.29, 1.82) is 0 Å². The highest BCUT2D eigenvalue weighted by Crippen LogP contribution is 2.24. The second-order valence-electron chi connectivity index (χ2n) is 7.29. The highest BCUT2D eigenvalue weighted by Gasteiger charge is 2.24. The molecule has 7 nitrogen and oxygen atoms in total. The number of amides is 3. The number of hydroxylamine groups is 2. The van der Waals surface area contributed by atoms with Gasteiger partial charge in [0.15, 0.2) is 0 Å². The Labute approximate surface area is 170 Å². The van der Waals surface area contributed by atoms with E-state index in [2.05, 4.69) is 12.1 Å². The fraction of sp³-hybridized carbons (Fsp3) is 0.364. The van der Waals surface area contributed by atoms with Crippen molar-refractivity contribution >= 4 is 11.9 Å². The summed E-state index contributed by atoms with van der Waals surface area (Å²) in [6.45, 7) is 3.15. The highest BCUT2D eigenvalue weighted by molar-refractivity contribution is 5.96. The van der Waals surface area contributed by atoms with E-state index in [9.17, 15) is 14.8 Å². The molecule has 0 aromatic heterocycles. The molecule has 0 saturated heterocycles. The van der Waals surface area contributed by atoms with Crippen LogP contribution in [0.25, 0.3) is 0 Å². The molecule has 7 heteroatoms. The van der Waals surface area contributed by atoms with Crippen molar-refractivity contribution in [1.82, 2.24) is 9.96 Å². The number of nitrogens with zero attached hydrogens (tertiary/aromatic N) is 2. The Bertz CT molecular complexity index is 856. The molecule has 0 bridgehead atoms. The summed E-state index contributed by atoms with van der Waals surface area (Å²) in [7, 11) is 0. The number of primary amides is 1. The first-order valence-electron chi connectivity index (χ1n) is 9.82. The maximum atomic E-state index is 12.8. The van der Waals surface area contributed by atoms with Gasteiger partial charge in [0.2, 0.25) is 0 Å². The van der Waals surface area contributed by atoms with Crippen molar-refractivity contribution < 1.29 is 19.5 Å².